The molecule has 2 heterocycles. The van der Waals surface area contributed by atoms with Gasteiger partial charge in [0.15, 0.2) is 17.4 Å². The minimum Gasteiger partial charge on any atom is -0.502 e. The summed E-state index contributed by atoms with van der Waals surface area (Å²) in [5.41, 5.74) is 1.99. The lowest BCUT2D eigenvalue weighted by atomic mass is 10.1. The zero-order valence-corrected chi connectivity index (χ0v) is 15.7. The van der Waals surface area contributed by atoms with Crippen LogP contribution in [0, 0.1) is 6.92 Å². The van der Waals surface area contributed by atoms with Crippen LogP contribution in [0.3, 0.4) is 0 Å². The summed E-state index contributed by atoms with van der Waals surface area (Å²) in [6.45, 7) is 2.39. The second-order valence-electron chi connectivity index (χ2n) is 5.73. The first-order valence-corrected chi connectivity index (χ1v) is 8.82. The average Bonchev–Trinajstić information content (AvgIpc) is 3.14. The van der Waals surface area contributed by atoms with Gasteiger partial charge in [-0.05, 0) is 37.3 Å². The van der Waals surface area contributed by atoms with Crippen molar-refractivity contribution in [1.29, 1.82) is 0 Å². The minimum absolute atomic E-state index is 0.00291. The van der Waals surface area contributed by atoms with Crippen LogP contribution in [0.4, 0.5) is 0 Å². The van der Waals surface area contributed by atoms with E-state index < -0.39 is 0 Å². The molecule has 0 unspecified atom stereocenters. The van der Waals surface area contributed by atoms with Crippen LogP contribution in [-0.2, 0) is 6.54 Å². The van der Waals surface area contributed by atoms with Crippen LogP contribution in [-0.4, -0.2) is 10.1 Å². The molecule has 0 fully saturated rings. The second kappa shape index (κ2) is 8.17. The molecule has 2 aromatic heterocycles. The Kier molecular flexibility index (Phi) is 5.71. The molecule has 0 aliphatic carbocycles. The van der Waals surface area contributed by atoms with Crippen molar-refractivity contribution in [3.8, 4) is 0 Å². The Labute approximate surface area is 162 Å². The lowest BCUT2D eigenvalue weighted by molar-refractivity contribution is -0.576. The van der Waals surface area contributed by atoms with Crippen LogP contribution in [0.1, 0.15) is 16.9 Å². The lowest BCUT2D eigenvalue weighted by Gasteiger charge is -2.10. The number of furan rings is 1. The predicted octanol–water partition coefficient (Wildman–Crippen LogP) is 4.53. The van der Waals surface area contributed by atoms with Crippen molar-refractivity contribution in [2.24, 2.45) is 0 Å². The number of benzene rings is 1. The summed E-state index contributed by atoms with van der Waals surface area (Å²) >= 11 is 11.8. The molecule has 4 nitrogen and oxygen atoms in total. The molecule has 3 aromatic rings. The molecule has 0 aliphatic rings. The molecule has 0 aliphatic heterocycles. The van der Waals surface area contributed by atoms with E-state index in [-0.39, 0.29) is 5.76 Å². The molecule has 0 bridgehead atoms. The Morgan fingerprint density at radius 3 is 2.69 bits per heavy atom. The number of nitrogens with zero attached hydrogens (tertiary/aromatic N) is 1. The average molecular weight is 386 g/mol. The van der Waals surface area contributed by atoms with Crippen LogP contribution in [0.25, 0.3) is 11.5 Å². The fourth-order valence-corrected chi connectivity index (χ4v) is 3.02. The molecule has 3 rings (SSSR count). The van der Waals surface area contributed by atoms with E-state index in [1.807, 2.05) is 55.7 Å². The van der Waals surface area contributed by atoms with Gasteiger partial charge in [0.1, 0.15) is 5.76 Å². The standard InChI is InChI=1S/C20H17ClN2O2S/c1-14-6-4-10-23(13-14)18(19(24)16-8-2-3-9-17(16)21)20(26)22-12-15-7-5-11-25-15/h2-11,13H,12H2,1H3,(H-,22,24,26)/p+1. The van der Waals surface area contributed by atoms with Gasteiger partial charge in [-0.25, -0.2) is 0 Å². The zero-order valence-electron chi connectivity index (χ0n) is 14.1. The maximum absolute atomic E-state index is 11.0. The van der Waals surface area contributed by atoms with E-state index in [0.29, 0.717) is 27.8 Å². The molecular formula is C20H18ClN2O2S+. The van der Waals surface area contributed by atoms with Gasteiger partial charge in [-0.3, -0.25) is 0 Å². The number of hydrogen-bond acceptors (Lipinski definition) is 3. The topological polar surface area (TPSA) is 49.3 Å². The van der Waals surface area contributed by atoms with Crippen molar-refractivity contribution in [3.63, 3.8) is 0 Å². The van der Waals surface area contributed by atoms with Gasteiger partial charge in [0.25, 0.3) is 5.70 Å². The van der Waals surface area contributed by atoms with Crippen molar-refractivity contribution in [3.05, 3.63) is 89.1 Å². The van der Waals surface area contributed by atoms with E-state index in [1.165, 1.54) is 0 Å². The van der Waals surface area contributed by atoms with E-state index in [4.69, 9.17) is 28.2 Å². The number of halogens is 1. The van der Waals surface area contributed by atoms with Crippen LogP contribution in [0.2, 0.25) is 5.02 Å². The van der Waals surface area contributed by atoms with Crippen molar-refractivity contribution in [2.75, 3.05) is 0 Å². The van der Waals surface area contributed by atoms with Gasteiger partial charge in [0.05, 0.1) is 17.8 Å². The molecule has 0 radical (unpaired) electrons. The van der Waals surface area contributed by atoms with E-state index in [0.717, 1.165) is 11.3 Å². The first-order chi connectivity index (χ1) is 12.6. The first kappa shape index (κ1) is 18.2. The van der Waals surface area contributed by atoms with Gasteiger partial charge < -0.3 is 14.8 Å². The zero-order chi connectivity index (χ0) is 18.5. The molecule has 0 amide bonds. The van der Waals surface area contributed by atoms with Crippen LogP contribution in [0.5, 0.6) is 0 Å². The number of rotatable bonds is 5. The van der Waals surface area contributed by atoms with Gasteiger partial charge in [-0.1, -0.05) is 36.0 Å². The fraction of sp³-hybridized carbons (Fsp3) is 0.100. The highest BCUT2D eigenvalue weighted by atomic mass is 35.5. The third-order valence-corrected chi connectivity index (χ3v) is 4.45. The normalized spacial score (nSPS) is 11.8. The number of thiocarbonyl (C=S) groups is 1. The molecule has 1 aromatic carbocycles. The maximum Gasteiger partial charge on any atom is 0.288 e. The number of aryl methyl sites for hydroxylation is 1. The van der Waals surface area contributed by atoms with Crippen molar-refractivity contribution < 1.29 is 14.1 Å². The molecular weight excluding hydrogens is 368 g/mol. The molecule has 6 heteroatoms. The third-order valence-electron chi connectivity index (χ3n) is 3.78. The fourth-order valence-electron chi connectivity index (χ4n) is 2.52. The number of aromatic nitrogens is 1. The Morgan fingerprint density at radius 1 is 1.19 bits per heavy atom. The quantitative estimate of drug-likeness (QED) is 0.293. The summed E-state index contributed by atoms with van der Waals surface area (Å²) < 4.78 is 7.11. The van der Waals surface area contributed by atoms with Gasteiger partial charge in [0.2, 0.25) is 5.76 Å². The number of pyridine rings is 1. The highest BCUT2D eigenvalue weighted by molar-refractivity contribution is 7.81. The molecule has 0 saturated heterocycles. The molecule has 132 valence electrons. The van der Waals surface area contributed by atoms with Crippen LogP contribution in [0.15, 0.2) is 71.6 Å². The molecule has 0 atom stereocenters. The highest BCUT2D eigenvalue weighted by Gasteiger charge is 2.25. The molecule has 0 spiro atoms. The summed E-state index contributed by atoms with van der Waals surface area (Å²) in [6.07, 6.45) is 5.33. The van der Waals surface area contributed by atoms with Crippen molar-refractivity contribution in [2.45, 2.75) is 13.5 Å². The van der Waals surface area contributed by atoms with E-state index in [1.54, 1.807) is 23.0 Å². The van der Waals surface area contributed by atoms with Gasteiger partial charge >= 0.3 is 0 Å². The van der Waals surface area contributed by atoms with E-state index in [9.17, 15) is 5.11 Å². The van der Waals surface area contributed by atoms with Gasteiger partial charge in [-0.2, -0.15) is 4.57 Å². The van der Waals surface area contributed by atoms with Crippen molar-refractivity contribution in [1.82, 2.24) is 5.32 Å². The summed E-state index contributed by atoms with van der Waals surface area (Å²) in [5.74, 6) is 0.751. The summed E-state index contributed by atoms with van der Waals surface area (Å²) in [6, 6.07) is 14.6. The van der Waals surface area contributed by atoms with Gasteiger partial charge in [-0.15, -0.1) is 0 Å². The van der Waals surface area contributed by atoms with Gasteiger partial charge in [0, 0.05) is 17.2 Å². The monoisotopic (exact) mass is 385 g/mol. The van der Waals surface area contributed by atoms with E-state index >= 15 is 0 Å². The number of nitrogens with one attached hydrogen (secondary N) is 1. The summed E-state index contributed by atoms with van der Waals surface area (Å²) in [5, 5.41) is 14.5. The molecule has 2 N–H and O–H groups in total. The summed E-state index contributed by atoms with van der Waals surface area (Å²) in [4.78, 5) is 0.384. The molecule has 0 saturated carbocycles. The second-order valence-corrected chi connectivity index (χ2v) is 6.54. The predicted molar refractivity (Wildman–Crippen MR) is 107 cm³/mol. The number of hydrogen-bond donors (Lipinski definition) is 2. The third kappa shape index (κ3) is 4.12. The Morgan fingerprint density at radius 2 is 2.00 bits per heavy atom. The van der Waals surface area contributed by atoms with Crippen LogP contribution >= 0.6 is 23.8 Å². The Bertz CT molecular complexity index is 952. The van der Waals surface area contributed by atoms with E-state index in [2.05, 4.69) is 5.32 Å². The van der Waals surface area contributed by atoms with Crippen molar-refractivity contribution >= 4 is 40.3 Å². The first-order valence-electron chi connectivity index (χ1n) is 8.03. The number of aliphatic hydroxyl groups is 1. The SMILES string of the molecule is Cc1ccc[n+](/C(C(=S)NCc2ccco2)=C(\O)c2ccccc2Cl)c1. The molecule has 26 heavy (non-hydrogen) atoms. The smallest absolute Gasteiger partial charge is 0.288 e. The largest absolute Gasteiger partial charge is 0.502 e. The highest BCUT2D eigenvalue weighted by Crippen LogP contribution is 2.24. The Balaban J connectivity index is 2.03. The maximum atomic E-state index is 11.0. The number of aliphatic hydroxyl groups excluding tert-OH is 1. The Hall–Kier alpha value is -2.63. The summed E-state index contributed by atoms with van der Waals surface area (Å²) in [7, 11) is 0. The lowest BCUT2D eigenvalue weighted by Crippen LogP contribution is -2.41. The van der Waals surface area contributed by atoms with Crippen LogP contribution < -0.4 is 9.88 Å². The minimum atomic E-state index is 0.00291.